The lowest BCUT2D eigenvalue weighted by Gasteiger charge is -2.31. The van der Waals surface area contributed by atoms with Gasteiger partial charge in [-0.15, -0.1) is 0 Å². The first-order valence-electron chi connectivity index (χ1n) is 10.7. The predicted octanol–water partition coefficient (Wildman–Crippen LogP) is 6.78. The van der Waals surface area contributed by atoms with E-state index >= 15 is 0 Å². The molecule has 2 aromatic carbocycles. The number of fused-ring (bicyclic) bond motifs is 2. The van der Waals surface area contributed by atoms with Crippen LogP contribution < -0.4 is 0 Å². The van der Waals surface area contributed by atoms with Gasteiger partial charge in [-0.25, -0.2) is 15.0 Å². The molecule has 0 aliphatic heterocycles. The van der Waals surface area contributed by atoms with Crippen molar-refractivity contribution in [2.75, 3.05) is 0 Å². The van der Waals surface area contributed by atoms with Crippen molar-refractivity contribution in [3.63, 3.8) is 0 Å². The minimum absolute atomic E-state index is 0.470. The number of nitrogens with zero attached hydrogens (tertiary/aromatic N) is 4. The Labute approximate surface area is 185 Å². The van der Waals surface area contributed by atoms with Crippen molar-refractivity contribution in [1.82, 2.24) is 19.4 Å². The minimum atomic E-state index is 0.470. The summed E-state index contributed by atoms with van der Waals surface area (Å²) in [6.07, 6.45) is 6.06. The van der Waals surface area contributed by atoms with Gasteiger partial charge in [-0.3, -0.25) is 4.40 Å². The molecule has 0 saturated heterocycles. The van der Waals surface area contributed by atoms with Crippen molar-refractivity contribution in [3.8, 4) is 22.5 Å². The molecule has 1 aliphatic rings. The number of imidazole rings is 1. The molecule has 0 N–H and O–H groups in total. The maximum absolute atomic E-state index is 6.56. The van der Waals surface area contributed by atoms with Crippen molar-refractivity contribution in [1.29, 1.82) is 0 Å². The molecule has 0 bridgehead atoms. The molecule has 1 saturated carbocycles. The molecule has 1 fully saturated rings. The summed E-state index contributed by atoms with van der Waals surface area (Å²) in [5.41, 5.74) is 5.77. The second-order valence-corrected chi connectivity index (χ2v) is 8.86. The van der Waals surface area contributed by atoms with Crippen LogP contribution >= 0.6 is 11.6 Å². The van der Waals surface area contributed by atoms with E-state index in [1.165, 1.54) is 0 Å². The van der Waals surface area contributed by atoms with Gasteiger partial charge in [0.2, 0.25) is 0 Å². The van der Waals surface area contributed by atoms with Gasteiger partial charge < -0.3 is 0 Å². The molecule has 5 heteroatoms. The average Bonchev–Trinajstić information content (AvgIpc) is 3.17. The zero-order valence-electron chi connectivity index (χ0n) is 17.2. The summed E-state index contributed by atoms with van der Waals surface area (Å²) in [4.78, 5) is 14.3. The zero-order chi connectivity index (χ0) is 20.9. The zero-order valence-corrected chi connectivity index (χ0v) is 17.9. The molecule has 0 radical (unpaired) electrons. The van der Waals surface area contributed by atoms with Crippen LogP contribution in [0.5, 0.6) is 0 Å². The van der Waals surface area contributed by atoms with Crippen LogP contribution in [-0.4, -0.2) is 19.4 Å². The van der Waals surface area contributed by atoms with Crippen molar-refractivity contribution in [2.24, 2.45) is 5.92 Å². The summed E-state index contributed by atoms with van der Waals surface area (Å²) in [6, 6.07) is 20.8. The highest BCUT2D eigenvalue weighted by Gasteiger charge is 2.31. The lowest BCUT2D eigenvalue weighted by atomic mass is 9.76. The van der Waals surface area contributed by atoms with Gasteiger partial charge in [0.15, 0.2) is 5.15 Å². The number of rotatable bonds is 3. The first-order valence-corrected chi connectivity index (χ1v) is 11.0. The number of halogens is 1. The first kappa shape index (κ1) is 18.5. The molecule has 0 spiro atoms. The van der Waals surface area contributed by atoms with Gasteiger partial charge in [0.1, 0.15) is 11.3 Å². The van der Waals surface area contributed by atoms with Gasteiger partial charge in [-0.2, -0.15) is 0 Å². The van der Waals surface area contributed by atoms with E-state index in [0.29, 0.717) is 11.1 Å². The predicted molar refractivity (Wildman–Crippen MR) is 125 cm³/mol. The summed E-state index contributed by atoms with van der Waals surface area (Å²) in [6.45, 7) is 2.29. The van der Waals surface area contributed by atoms with Gasteiger partial charge in [-0.05, 0) is 30.9 Å². The van der Waals surface area contributed by atoms with Crippen LogP contribution in [0.2, 0.25) is 5.15 Å². The summed E-state index contributed by atoms with van der Waals surface area (Å²) in [5, 5.41) is 1.58. The maximum Gasteiger partial charge on any atom is 0.155 e. The molecule has 6 rings (SSSR count). The fourth-order valence-corrected chi connectivity index (χ4v) is 4.90. The molecule has 1 aliphatic carbocycles. The summed E-state index contributed by atoms with van der Waals surface area (Å²) in [7, 11) is 0. The molecular formula is C26H21ClN4. The van der Waals surface area contributed by atoms with Crippen LogP contribution in [0.15, 0.2) is 73.1 Å². The molecule has 0 amide bonds. The molecular weight excluding hydrogens is 404 g/mol. The topological polar surface area (TPSA) is 43.1 Å². The Morgan fingerprint density at radius 2 is 1.74 bits per heavy atom. The van der Waals surface area contributed by atoms with Crippen LogP contribution in [0.1, 0.15) is 31.5 Å². The average molecular weight is 425 g/mol. The minimum Gasteiger partial charge on any atom is -0.299 e. The highest BCUT2D eigenvalue weighted by Crippen LogP contribution is 2.43. The molecule has 152 valence electrons. The van der Waals surface area contributed by atoms with Crippen LogP contribution in [0.3, 0.4) is 0 Å². The van der Waals surface area contributed by atoms with Gasteiger partial charge in [0.05, 0.1) is 16.9 Å². The smallest absolute Gasteiger partial charge is 0.155 e. The Hall–Kier alpha value is -3.24. The van der Waals surface area contributed by atoms with E-state index in [1.807, 2.05) is 24.4 Å². The second kappa shape index (κ2) is 7.17. The fourth-order valence-electron chi connectivity index (χ4n) is 4.66. The molecule has 3 aromatic heterocycles. The number of hydrogen-bond acceptors (Lipinski definition) is 3. The molecule has 31 heavy (non-hydrogen) atoms. The van der Waals surface area contributed by atoms with Gasteiger partial charge in [0, 0.05) is 34.8 Å². The number of aromatic nitrogens is 4. The highest BCUT2D eigenvalue weighted by atomic mass is 35.5. The molecule has 5 aromatic rings. The molecule has 0 unspecified atom stereocenters. The number of benzene rings is 2. The molecule has 4 nitrogen and oxygen atoms in total. The second-order valence-electron chi connectivity index (χ2n) is 8.50. The van der Waals surface area contributed by atoms with E-state index in [1.54, 1.807) is 6.20 Å². The van der Waals surface area contributed by atoms with E-state index < -0.39 is 0 Å². The lowest BCUT2D eigenvalue weighted by Crippen LogP contribution is -2.21. The normalized spacial score (nSPS) is 18.4. The van der Waals surface area contributed by atoms with Crippen LogP contribution in [0, 0.1) is 5.92 Å². The van der Waals surface area contributed by atoms with Crippen LogP contribution in [0.4, 0.5) is 0 Å². The Morgan fingerprint density at radius 3 is 2.55 bits per heavy atom. The quantitative estimate of drug-likeness (QED) is 0.320. The monoisotopic (exact) mass is 424 g/mol. The SMILES string of the molecule is CC1CC(c2nc(-c3ccc4ccc(-c5ccccc5)nc4c3)c3c(Cl)nccn23)C1. The third kappa shape index (κ3) is 3.10. The maximum atomic E-state index is 6.56. The largest absolute Gasteiger partial charge is 0.299 e. The number of pyridine rings is 1. The fraction of sp³-hybridized carbons (Fsp3) is 0.192. The van der Waals surface area contributed by atoms with Crippen molar-refractivity contribution in [2.45, 2.75) is 25.7 Å². The van der Waals surface area contributed by atoms with E-state index in [2.05, 4.69) is 58.8 Å². The summed E-state index contributed by atoms with van der Waals surface area (Å²) in [5.74, 6) is 2.30. The van der Waals surface area contributed by atoms with Crippen molar-refractivity contribution >= 4 is 28.0 Å². The first-order chi connectivity index (χ1) is 15.2. The van der Waals surface area contributed by atoms with Crippen LogP contribution in [-0.2, 0) is 0 Å². The van der Waals surface area contributed by atoms with Gasteiger partial charge in [0.25, 0.3) is 0 Å². The van der Waals surface area contributed by atoms with Crippen molar-refractivity contribution < 1.29 is 0 Å². The number of hydrogen-bond donors (Lipinski definition) is 0. The van der Waals surface area contributed by atoms with Gasteiger partial charge >= 0.3 is 0 Å². The van der Waals surface area contributed by atoms with Crippen LogP contribution in [0.25, 0.3) is 38.9 Å². The Morgan fingerprint density at radius 1 is 0.935 bits per heavy atom. The van der Waals surface area contributed by atoms with E-state index in [-0.39, 0.29) is 0 Å². The standard InChI is InChI=1S/C26H21ClN4/c1-16-13-20(14-16)26-30-23(24-25(27)28-11-12-31(24)26)19-8-7-18-9-10-21(29-22(18)15-19)17-5-3-2-4-6-17/h2-12,15-16,20H,13-14H2,1H3. The lowest BCUT2D eigenvalue weighted by molar-refractivity contribution is 0.277. The highest BCUT2D eigenvalue weighted by molar-refractivity contribution is 6.33. The van der Waals surface area contributed by atoms with E-state index in [9.17, 15) is 0 Å². The third-order valence-electron chi connectivity index (χ3n) is 6.31. The molecule has 3 heterocycles. The Kier molecular flexibility index (Phi) is 4.29. The Bertz CT molecular complexity index is 1420. The summed E-state index contributed by atoms with van der Waals surface area (Å²) < 4.78 is 2.12. The molecule has 0 atom stereocenters. The van der Waals surface area contributed by atoms with Crippen molar-refractivity contribution in [3.05, 3.63) is 84.0 Å². The van der Waals surface area contributed by atoms with E-state index in [0.717, 1.165) is 63.5 Å². The third-order valence-corrected chi connectivity index (χ3v) is 6.59. The Balaban J connectivity index is 1.51. The van der Waals surface area contributed by atoms with Gasteiger partial charge in [-0.1, -0.05) is 67.1 Å². The summed E-state index contributed by atoms with van der Waals surface area (Å²) >= 11 is 6.56. The van der Waals surface area contributed by atoms with E-state index in [4.69, 9.17) is 21.6 Å².